The smallest absolute Gasteiger partial charge is 0.128 e. The van der Waals surface area contributed by atoms with E-state index in [1.807, 2.05) is 6.20 Å². The highest BCUT2D eigenvalue weighted by molar-refractivity contribution is 5.41. The van der Waals surface area contributed by atoms with Crippen LogP contribution in [0.5, 0.6) is 0 Å². The lowest BCUT2D eigenvalue weighted by atomic mass is 10.2. The number of aromatic nitrogens is 1. The van der Waals surface area contributed by atoms with Crippen LogP contribution in [0.4, 0.5) is 5.82 Å². The SMILES string of the molecule is CCCNCc1ccc(N(CC)C2CC2)nc1. The average Bonchev–Trinajstić information content (AvgIpc) is 3.17. The Hall–Kier alpha value is -1.09. The van der Waals surface area contributed by atoms with Gasteiger partial charge in [-0.25, -0.2) is 4.98 Å². The number of hydrogen-bond donors (Lipinski definition) is 1. The van der Waals surface area contributed by atoms with Crippen molar-refractivity contribution in [2.75, 3.05) is 18.0 Å². The van der Waals surface area contributed by atoms with Crippen LogP contribution in [0.1, 0.15) is 38.7 Å². The minimum atomic E-state index is 0.747. The fourth-order valence-corrected chi connectivity index (χ4v) is 2.09. The molecule has 0 spiro atoms. The predicted octanol–water partition coefficient (Wildman–Crippen LogP) is 2.57. The Bertz CT molecular complexity index is 330. The molecule has 0 atom stereocenters. The van der Waals surface area contributed by atoms with Gasteiger partial charge in [-0.15, -0.1) is 0 Å². The summed E-state index contributed by atoms with van der Waals surface area (Å²) in [5.74, 6) is 1.13. The number of nitrogens with zero attached hydrogens (tertiary/aromatic N) is 2. The summed E-state index contributed by atoms with van der Waals surface area (Å²) >= 11 is 0. The maximum atomic E-state index is 4.58. The van der Waals surface area contributed by atoms with Crippen LogP contribution >= 0.6 is 0 Å². The van der Waals surface area contributed by atoms with Gasteiger partial charge in [-0.2, -0.15) is 0 Å². The number of anilines is 1. The van der Waals surface area contributed by atoms with Crippen molar-refractivity contribution in [2.45, 2.75) is 45.7 Å². The highest BCUT2D eigenvalue weighted by Crippen LogP contribution is 2.30. The number of nitrogens with one attached hydrogen (secondary N) is 1. The third kappa shape index (κ3) is 3.43. The van der Waals surface area contributed by atoms with Gasteiger partial charge in [-0.05, 0) is 44.4 Å². The molecule has 3 nitrogen and oxygen atoms in total. The first-order valence-corrected chi connectivity index (χ1v) is 6.77. The number of rotatable bonds is 7. The molecule has 0 aliphatic heterocycles. The summed E-state index contributed by atoms with van der Waals surface area (Å²) in [6.07, 6.45) is 5.84. The second kappa shape index (κ2) is 6.01. The van der Waals surface area contributed by atoms with Gasteiger partial charge in [0.05, 0.1) is 0 Å². The van der Waals surface area contributed by atoms with E-state index in [4.69, 9.17) is 0 Å². The summed E-state index contributed by atoms with van der Waals surface area (Å²) in [6, 6.07) is 5.09. The molecular formula is C14H23N3. The third-order valence-corrected chi connectivity index (χ3v) is 3.19. The van der Waals surface area contributed by atoms with E-state index in [2.05, 4.69) is 41.2 Å². The Labute approximate surface area is 104 Å². The second-order valence-electron chi connectivity index (χ2n) is 4.72. The van der Waals surface area contributed by atoms with E-state index in [-0.39, 0.29) is 0 Å². The Morgan fingerprint density at radius 2 is 2.18 bits per heavy atom. The van der Waals surface area contributed by atoms with Crippen LogP contribution in [0.25, 0.3) is 0 Å². The molecular weight excluding hydrogens is 210 g/mol. The van der Waals surface area contributed by atoms with E-state index in [0.717, 1.165) is 31.5 Å². The molecule has 0 saturated heterocycles. The van der Waals surface area contributed by atoms with Crippen molar-refractivity contribution in [1.82, 2.24) is 10.3 Å². The quantitative estimate of drug-likeness (QED) is 0.734. The third-order valence-electron chi connectivity index (χ3n) is 3.19. The molecule has 0 amide bonds. The van der Waals surface area contributed by atoms with Crippen LogP contribution in [-0.2, 0) is 6.54 Å². The molecule has 1 aliphatic carbocycles. The largest absolute Gasteiger partial charge is 0.354 e. The zero-order valence-electron chi connectivity index (χ0n) is 10.9. The molecule has 17 heavy (non-hydrogen) atoms. The van der Waals surface area contributed by atoms with Crippen LogP contribution in [0, 0.1) is 0 Å². The van der Waals surface area contributed by atoms with Crippen LogP contribution < -0.4 is 10.2 Å². The minimum absolute atomic E-state index is 0.747. The summed E-state index contributed by atoms with van der Waals surface area (Å²) in [5, 5.41) is 3.40. The molecule has 94 valence electrons. The van der Waals surface area contributed by atoms with Gasteiger partial charge in [0, 0.05) is 25.3 Å². The standard InChI is InChI=1S/C14H23N3/c1-3-9-15-10-12-5-8-14(16-11-12)17(4-2)13-6-7-13/h5,8,11,13,15H,3-4,6-7,9-10H2,1-2H3. The summed E-state index contributed by atoms with van der Waals surface area (Å²) in [7, 11) is 0. The first-order valence-electron chi connectivity index (χ1n) is 6.77. The van der Waals surface area contributed by atoms with Crippen molar-refractivity contribution in [1.29, 1.82) is 0 Å². The number of hydrogen-bond acceptors (Lipinski definition) is 3. The van der Waals surface area contributed by atoms with Gasteiger partial charge in [0.2, 0.25) is 0 Å². The minimum Gasteiger partial charge on any atom is -0.354 e. The average molecular weight is 233 g/mol. The van der Waals surface area contributed by atoms with Gasteiger partial charge in [0.1, 0.15) is 5.82 Å². The van der Waals surface area contributed by atoms with E-state index in [1.54, 1.807) is 0 Å². The summed E-state index contributed by atoms with van der Waals surface area (Å²) in [4.78, 5) is 6.98. The molecule has 0 radical (unpaired) electrons. The normalized spacial score (nSPS) is 14.9. The van der Waals surface area contributed by atoms with Gasteiger partial charge in [-0.3, -0.25) is 0 Å². The highest BCUT2D eigenvalue weighted by atomic mass is 15.2. The Balaban J connectivity index is 1.92. The van der Waals surface area contributed by atoms with Gasteiger partial charge in [0.15, 0.2) is 0 Å². The van der Waals surface area contributed by atoms with Crippen molar-refractivity contribution in [3.05, 3.63) is 23.9 Å². The van der Waals surface area contributed by atoms with Crippen molar-refractivity contribution >= 4 is 5.82 Å². The topological polar surface area (TPSA) is 28.2 Å². The van der Waals surface area contributed by atoms with Gasteiger partial charge < -0.3 is 10.2 Å². The first-order chi connectivity index (χ1) is 8.35. The Morgan fingerprint density at radius 1 is 1.35 bits per heavy atom. The fraction of sp³-hybridized carbons (Fsp3) is 0.643. The first kappa shape index (κ1) is 12.4. The van der Waals surface area contributed by atoms with E-state index in [0.29, 0.717) is 0 Å². The zero-order chi connectivity index (χ0) is 12.1. The van der Waals surface area contributed by atoms with Crippen molar-refractivity contribution in [3.8, 4) is 0 Å². The number of pyridine rings is 1. The summed E-state index contributed by atoms with van der Waals surface area (Å²) < 4.78 is 0. The lowest BCUT2D eigenvalue weighted by Crippen LogP contribution is -2.26. The van der Waals surface area contributed by atoms with Crippen LogP contribution in [0.15, 0.2) is 18.3 Å². The molecule has 1 N–H and O–H groups in total. The van der Waals surface area contributed by atoms with E-state index in [9.17, 15) is 0 Å². The molecule has 1 aliphatic rings. The molecule has 1 aromatic rings. The molecule has 1 aromatic heterocycles. The molecule has 0 aromatic carbocycles. The van der Waals surface area contributed by atoms with E-state index < -0.39 is 0 Å². The van der Waals surface area contributed by atoms with Gasteiger partial charge in [0.25, 0.3) is 0 Å². The van der Waals surface area contributed by atoms with Crippen molar-refractivity contribution < 1.29 is 0 Å². The molecule has 1 saturated carbocycles. The molecule has 1 fully saturated rings. The lowest BCUT2D eigenvalue weighted by Gasteiger charge is -2.21. The highest BCUT2D eigenvalue weighted by Gasteiger charge is 2.28. The molecule has 0 bridgehead atoms. The van der Waals surface area contributed by atoms with Crippen LogP contribution in [-0.4, -0.2) is 24.1 Å². The maximum absolute atomic E-state index is 4.58. The molecule has 2 rings (SSSR count). The Kier molecular flexibility index (Phi) is 4.37. The lowest BCUT2D eigenvalue weighted by molar-refractivity contribution is 0.673. The van der Waals surface area contributed by atoms with Crippen LogP contribution in [0.2, 0.25) is 0 Å². The van der Waals surface area contributed by atoms with Gasteiger partial charge in [-0.1, -0.05) is 13.0 Å². The summed E-state index contributed by atoms with van der Waals surface area (Å²) in [6.45, 7) is 7.45. The molecule has 1 heterocycles. The molecule has 0 unspecified atom stereocenters. The second-order valence-corrected chi connectivity index (χ2v) is 4.72. The van der Waals surface area contributed by atoms with E-state index in [1.165, 1.54) is 24.8 Å². The predicted molar refractivity (Wildman–Crippen MR) is 72.3 cm³/mol. The van der Waals surface area contributed by atoms with E-state index >= 15 is 0 Å². The van der Waals surface area contributed by atoms with Crippen molar-refractivity contribution in [3.63, 3.8) is 0 Å². The fourth-order valence-electron chi connectivity index (χ4n) is 2.09. The summed E-state index contributed by atoms with van der Waals surface area (Å²) in [5.41, 5.74) is 1.27. The molecule has 3 heteroatoms. The zero-order valence-corrected chi connectivity index (χ0v) is 10.9. The van der Waals surface area contributed by atoms with Crippen LogP contribution in [0.3, 0.4) is 0 Å². The Morgan fingerprint density at radius 3 is 2.71 bits per heavy atom. The maximum Gasteiger partial charge on any atom is 0.128 e. The monoisotopic (exact) mass is 233 g/mol. The van der Waals surface area contributed by atoms with Gasteiger partial charge >= 0.3 is 0 Å². The van der Waals surface area contributed by atoms with Crippen molar-refractivity contribution in [2.24, 2.45) is 0 Å².